The Hall–Kier alpha value is -6.18. The second kappa shape index (κ2) is 9.19. The first-order valence-corrected chi connectivity index (χ1v) is 15.5. The molecule has 1 aliphatic heterocycles. The van der Waals surface area contributed by atoms with Gasteiger partial charge in [-0.2, -0.15) is 0 Å². The third-order valence-electron chi connectivity index (χ3n) is 9.66. The van der Waals surface area contributed by atoms with Crippen molar-refractivity contribution >= 4 is 64.6 Å². The van der Waals surface area contributed by atoms with Gasteiger partial charge < -0.3 is 4.74 Å². The van der Waals surface area contributed by atoms with Crippen LogP contribution in [0.5, 0.6) is 11.5 Å². The van der Waals surface area contributed by atoms with Crippen molar-refractivity contribution in [1.29, 1.82) is 0 Å². The van der Waals surface area contributed by atoms with E-state index >= 15 is 0 Å². The summed E-state index contributed by atoms with van der Waals surface area (Å²) >= 11 is 0. The van der Waals surface area contributed by atoms with Crippen molar-refractivity contribution in [2.45, 2.75) is 0 Å². The fourth-order valence-electron chi connectivity index (χ4n) is 7.61. The molecule has 0 N–H and O–H groups in total. The fraction of sp³-hybridized carbons (Fsp3) is 0. The van der Waals surface area contributed by atoms with E-state index in [1.165, 1.54) is 0 Å². The van der Waals surface area contributed by atoms with Crippen molar-refractivity contribution in [1.82, 2.24) is 0 Å². The van der Waals surface area contributed by atoms with Crippen LogP contribution in [0.4, 0.5) is 0 Å². The van der Waals surface area contributed by atoms with Gasteiger partial charge in [-0.3, -0.25) is 0 Å². The van der Waals surface area contributed by atoms with Crippen LogP contribution in [-0.2, 0) is 0 Å². The van der Waals surface area contributed by atoms with E-state index in [1.807, 2.05) is 72.8 Å². The summed E-state index contributed by atoms with van der Waals surface area (Å²) in [6.07, 6.45) is 0. The van der Waals surface area contributed by atoms with Crippen LogP contribution in [0.1, 0.15) is 12.3 Å². The number of rotatable bonds is 2. The topological polar surface area (TPSA) is 9.23 Å². The normalized spacial score (nSPS) is 15.1. The Morgan fingerprint density at radius 1 is 0.362 bits per heavy atom. The van der Waals surface area contributed by atoms with Gasteiger partial charge in [-0.05, 0) is 99.9 Å². The summed E-state index contributed by atoms with van der Waals surface area (Å²) in [6.45, 7) is 0. The van der Waals surface area contributed by atoms with Crippen LogP contribution in [0.2, 0.25) is 0 Å². The smallest absolute Gasteiger partial charge is 0.143 e. The number of benzene rings is 10. The molecule has 11 rings (SSSR count). The molecule has 0 unspecified atom stereocenters. The Morgan fingerprint density at radius 2 is 1.02 bits per heavy atom. The highest BCUT2D eigenvalue weighted by molar-refractivity contribution is 6.26. The van der Waals surface area contributed by atoms with Crippen molar-refractivity contribution in [3.8, 4) is 44.9 Å². The third-order valence-corrected chi connectivity index (χ3v) is 9.66. The fourth-order valence-corrected chi connectivity index (χ4v) is 7.61. The number of hydrogen-bond acceptors (Lipinski definition) is 1. The van der Waals surface area contributed by atoms with Gasteiger partial charge in [0.05, 0.1) is 12.3 Å². The molecule has 0 spiro atoms. The molecule has 216 valence electrons. The van der Waals surface area contributed by atoms with E-state index in [1.54, 1.807) is 0 Å². The monoisotopic (exact) mass is 603 g/mol. The van der Waals surface area contributed by atoms with Gasteiger partial charge in [0, 0.05) is 16.3 Å². The number of ether oxygens (including phenoxy) is 1. The highest BCUT2D eigenvalue weighted by Gasteiger charge is 2.25. The van der Waals surface area contributed by atoms with Crippen molar-refractivity contribution < 1.29 is 17.1 Å². The summed E-state index contributed by atoms with van der Waals surface area (Å²) in [6, 6.07) is 30.7. The highest BCUT2D eigenvalue weighted by atomic mass is 16.5. The highest BCUT2D eigenvalue weighted by Crippen LogP contribution is 2.52. The summed E-state index contributed by atoms with van der Waals surface area (Å²) < 4.78 is 88.4. The van der Waals surface area contributed by atoms with Crippen LogP contribution in [-0.4, -0.2) is 0 Å². The van der Waals surface area contributed by atoms with Gasteiger partial charge in [0.25, 0.3) is 0 Å². The van der Waals surface area contributed by atoms with E-state index in [-0.39, 0.29) is 62.1 Å². The predicted octanol–water partition coefficient (Wildman–Crippen LogP) is 13.2. The van der Waals surface area contributed by atoms with Crippen LogP contribution in [0, 0.1) is 0 Å². The zero-order chi connectivity index (χ0) is 38.5. The SMILES string of the molecule is [2H]c1c([2H])c2c([2H])c([2H])c3c([2H])c([2H])c(-c4ccc5ccccc5c4-c4ccc5c6c(cccc46)-c4ccc6ccccc6c4O5)c4c([2H])c([2H])c(c1[2H])c2c34. The molecule has 1 nitrogen and oxygen atoms in total. The van der Waals surface area contributed by atoms with E-state index in [2.05, 4.69) is 30.3 Å². The molecule has 0 amide bonds. The summed E-state index contributed by atoms with van der Waals surface area (Å²) in [5, 5.41) is 5.94. The molecule has 10 aromatic carbocycles. The van der Waals surface area contributed by atoms with Gasteiger partial charge in [0.2, 0.25) is 0 Å². The molecule has 0 aromatic heterocycles. The standard InChI is InChI=1S/C46H26O/c1-3-11-32-27(7-1)17-22-38(34-21-19-31-16-15-29-9-5-10-30-20-23-37(34)43(31)42(29)30)44(32)39-25-26-41-45-35(39)13-6-14-36(45)40-24-18-28-8-2-4-12-33(28)46(40)47-41/h1-26H/i5D,9D,10D,15D,16D,19D,20D,21D,23D. The van der Waals surface area contributed by atoms with E-state index < -0.39 is 30.2 Å². The molecule has 0 saturated heterocycles. The van der Waals surface area contributed by atoms with Crippen molar-refractivity contribution in [2.24, 2.45) is 0 Å². The average molecular weight is 604 g/mol. The van der Waals surface area contributed by atoms with Gasteiger partial charge in [0.15, 0.2) is 0 Å². The van der Waals surface area contributed by atoms with Crippen molar-refractivity contribution in [2.75, 3.05) is 0 Å². The van der Waals surface area contributed by atoms with Gasteiger partial charge in [-0.15, -0.1) is 0 Å². The number of fused-ring (bicyclic) bond motifs is 5. The van der Waals surface area contributed by atoms with E-state index in [0.29, 0.717) is 11.3 Å². The molecule has 0 bridgehead atoms. The lowest BCUT2D eigenvalue weighted by molar-refractivity contribution is 0.493. The van der Waals surface area contributed by atoms with Gasteiger partial charge in [0.1, 0.15) is 11.5 Å². The summed E-state index contributed by atoms with van der Waals surface area (Å²) in [4.78, 5) is 0. The summed E-state index contributed by atoms with van der Waals surface area (Å²) in [5.74, 6) is 1.50. The van der Waals surface area contributed by atoms with E-state index in [9.17, 15) is 5.48 Å². The maximum absolute atomic E-state index is 9.59. The lowest BCUT2D eigenvalue weighted by Crippen LogP contribution is -1.99. The molecular formula is C46H26O. The van der Waals surface area contributed by atoms with Gasteiger partial charge >= 0.3 is 0 Å². The quantitative estimate of drug-likeness (QED) is 0.179. The molecule has 0 saturated carbocycles. The Balaban J connectivity index is 1.31. The zero-order valence-corrected chi connectivity index (χ0v) is 24.7. The second-order valence-corrected chi connectivity index (χ2v) is 12.1. The Labute approximate surface area is 283 Å². The molecule has 0 atom stereocenters. The summed E-state index contributed by atoms with van der Waals surface area (Å²) in [7, 11) is 0. The van der Waals surface area contributed by atoms with Crippen LogP contribution in [0.3, 0.4) is 0 Å². The Kier molecular flexibility index (Phi) is 3.54. The van der Waals surface area contributed by atoms with E-state index in [4.69, 9.17) is 11.6 Å². The van der Waals surface area contributed by atoms with Gasteiger partial charge in [-0.25, -0.2) is 0 Å². The van der Waals surface area contributed by atoms with E-state index in [0.717, 1.165) is 60.3 Å². The third kappa shape index (κ3) is 3.38. The maximum atomic E-state index is 9.59. The number of hydrogen-bond donors (Lipinski definition) is 0. The van der Waals surface area contributed by atoms with Gasteiger partial charge in [-0.1, -0.05) is 139 Å². The predicted molar refractivity (Wildman–Crippen MR) is 199 cm³/mol. The second-order valence-electron chi connectivity index (χ2n) is 12.1. The maximum Gasteiger partial charge on any atom is 0.143 e. The van der Waals surface area contributed by atoms with Crippen LogP contribution < -0.4 is 4.74 Å². The first-order valence-electron chi connectivity index (χ1n) is 20.0. The molecular weight excluding hydrogens is 569 g/mol. The molecule has 1 heteroatoms. The van der Waals surface area contributed by atoms with Crippen LogP contribution >= 0.6 is 0 Å². The minimum Gasteiger partial charge on any atom is -0.455 e. The zero-order valence-electron chi connectivity index (χ0n) is 33.7. The largest absolute Gasteiger partial charge is 0.455 e. The first-order chi connectivity index (χ1) is 27.1. The molecule has 0 fully saturated rings. The van der Waals surface area contributed by atoms with Crippen molar-refractivity contribution in [3.05, 3.63) is 158 Å². The summed E-state index contributed by atoms with van der Waals surface area (Å²) in [5.41, 5.74) is 4.30. The Morgan fingerprint density at radius 3 is 1.87 bits per heavy atom. The Bertz CT molecular complexity index is 3420. The molecule has 1 aliphatic rings. The molecule has 10 aromatic rings. The van der Waals surface area contributed by atoms with Crippen LogP contribution in [0.25, 0.3) is 98.0 Å². The molecule has 0 aliphatic carbocycles. The first kappa shape index (κ1) is 18.1. The molecule has 0 radical (unpaired) electrons. The lowest BCUT2D eigenvalue weighted by atomic mass is 9.83. The lowest BCUT2D eigenvalue weighted by Gasteiger charge is -2.25. The van der Waals surface area contributed by atoms with Crippen LogP contribution in [0.15, 0.2) is 158 Å². The average Bonchev–Trinajstić information content (AvgIpc) is 3.21. The van der Waals surface area contributed by atoms with Crippen molar-refractivity contribution in [3.63, 3.8) is 0 Å². The molecule has 1 heterocycles. The minimum atomic E-state index is -0.497. The minimum absolute atomic E-state index is 0.0476. The molecule has 47 heavy (non-hydrogen) atoms.